The first-order chi connectivity index (χ1) is 14.9. The fourth-order valence-electron chi connectivity index (χ4n) is 3.63. The summed E-state index contributed by atoms with van der Waals surface area (Å²) >= 11 is 1.54. The highest BCUT2D eigenvalue weighted by molar-refractivity contribution is 7.89. The lowest BCUT2D eigenvalue weighted by Gasteiger charge is -2.21. The molecule has 1 aliphatic heterocycles. The van der Waals surface area contributed by atoms with Crippen molar-refractivity contribution < 1.29 is 22.4 Å². The zero-order valence-electron chi connectivity index (χ0n) is 17.4. The summed E-state index contributed by atoms with van der Waals surface area (Å²) in [6.45, 7) is 2.91. The van der Waals surface area contributed by atoms with Gasteiger partial charge in [-0.05, 0) is 55.5 Å². The Morgan fingerprint density at radius 1 is 1.19 bits per heavy atom. The summed E-state index contributed by atoms with van der Waals surface area (Å²) in [6.07, 6.45) is 1.68. The Labute approximate surface area is 185 Å². The van der Waals surface area contributed by atoms with Gasteiger partial charge in [-0.1, -0.05) is 6.07 Å². The maximum Gasteiger partial charge on any atom is 0.294 e. The van der Waals surface area contributed by atoms with Gasteiger partial charge in [-0.15, -0.1) is 11.3 Å². The Morgan fingerprint density at radius 3 is 2.52 bits per heavy atom. The van der Waals surface area contributed by atoms with Gasteiger partial charge in [-0.2, -0.15) is 4.31 Å². The van der Waals surface area contributed by atoms with Crippen LogP contribution in [0, 0.1) is 6.92 Å². The normalized spacial score (nSPS) is 14.6. The van der Waals surface area contributed by atoms with E-state index in [2.05, 4.69) is 0 Å². The van der Waals surface area contributed by atoms with E-state index in [0.717, 1.165) is 17.7 Å². The van der Waals surface area contributed by atoms with Crippen molar-refractivity contribution >= 4 is 33.0 Å². The topological polar surface area (TPSA) is 80.1 Å². The summed E-state index contributed by atoms with van der Waals surface area (Å²) in [6, 6.07) is 12.4. The fraction of sp³-hybridized carbons (Fsp3) is 0.318. The van der Waals surface area contributed by atoms with Crippen molar-refractivity contribution in [3.05, 3.63) is 64.2 Å². The molecule has 0 aliphatic carbocycles. The molecule has 7 nitrogen and oxygen atoms in total. The van der Waals surface area contributed by atoms with Crippen molar-refractivity contribution in [2.24, 2.45) is 0 Å². The minimum absolute atomic E-state index is 0.00245. The average Bonchev–Trinajstić information content (AvgIpc) is 3.53. The highest BCUT2D eigenvalue weighted by atomic mass is 32.2. The number of benzene rings is 1. The average molecular weight is 461 g/mol. The molecule has 1 fully saturated rings. The van der Waals surface area contributed by atoms with Gasteiger partial charge in [0.15, 0.2) is 5.76 Å². The highest BCUT2D eigenvalue weighted by Gasteiger charge is 2.33. The van der Waals surface area contributed by atoms with Crippen LogP contribution in [0.2, 0.25) is 0 Å². The number of furan rings is 1. The second-order valence-electron chi connectivity index (χ2n) is 7.31. The fourth-order valence-corrected chi connectivity index (χ4v) is 6.00. The third kappa shape index (κ3) is 4.39. The van der Waals surface area contributed by atoms with Crippen molar-refractivity contribution in [2.45, 2.75) is 31.2 Å². The summed E-state index contributed by atoms with van der Waals surface area (Å²) in [4.78, 5) is 16.1. The molecule has 1 saturated heterocycles. The summed E-state index contributed by atoms with van der Waals surface area (Å²) < 4.78 is 38.3. The lowest BCUT2D eigenvalue weighted by molar-refractivity contribution is 0.0957. The largest absolute Gasteiger partial charge is 0.497 e. The molecule has 2 aromatic heterocycles. The van der Waals surface area contributed by atoms with E-state index < -0.39 is 15.9 Å². The molecule has 31 heavy (non-hydrogen) atoms. The van der Waals surface area contributed by atoms with Crippen molar-refractivity contribution in [1.29, 1.82) is 0 Å². The Balaban J connectivity index is 1.68. The monoisotopic (exact) mass is 460 g/mol. The van der Waals surface area contributed by atoms with Gasteiger partial charge in [-0.3, -0.25) is 4.79 Å². The first-order valence-electron chi connectivity index (χ1n) is 9.99. The van der Waals surface area contributed by atoms with Gasteiger partial charge in [-0.25, -0.2) is 8.42 Å². The second kappa shape index (κ2) is 8.86. The third-order valence-corrected chi connectivity index (χ3v) is 8.16. The van der Waals surface area contributed by atoms with Gasteiger partial charge in [0.1, 0.15) is 16.4 Å². The number of hydrogen-bond acceptors (Lipinski definition) is 6. The molecule has 0 spiro atoms. The third-order valence-electron chi connectivity index (χ3n) is 5.29. The van der Waals surface area contributed by atoms with E-state index in [1.807, 2.05) is 17.5 Å². The molecule has 0 radical (unpaired) electrons. The number of ether oxygens (including phenoxy) is 1. The van der Waals surface area contributed by atoms with Crippen LogP contribution in [0.15, 0.2) is 57.2 Å². The SMILES string of the molecule is COc1ccc(N(Cc2cccs2)C(=O)c2cc(S(=O)(=O)N3CCCC3)c(C)o2)cc1. The quantitative estimate of drug-likeness (QED) is 0.525. The van der Waals surface area contributed by atoms with E-state index >= 15 is 0 Å². The number of carbonyl (C=O) groups is 1. The molecule has 3 heterocycles. The number of methoxy groups -OCH3 is 1. The first-order valence-corrected chi connectivity index (χ1v) is 12.3. The van der Waals surface area contributed by atoms with E-state index in [1.54, 1.807) is 54.5 Å². The van der Waals surface area contributed by atoms with E-state index in [-0.39, 0.29) is 16.4 Å². The second-order valence-corrected chi connectivity index (χ2v) is 10.2. The predicted molar refractivity (Wildman–Crippen MR) is 119 cm³/mol. The van der Waals surface area contributed by atoms with E-state index in [4.69, 9.17) is 9.15 Å². The van der Waals surface area contributed by atoms with Crippen molar-refractivity contribution in [2.75, 3.05) is 25.1 Å². The summed E-state index contributed by atoms with van der Waals surface area (Å²) in [5, 5.41) is 1.95. The maximum atomic E-state index is 13.4. The van der Waals surface area contributed by atoms with Crippen LogP contribution in [0.25, 0.3) is 0 Å². The lowest BCUT2D eigenvalue weighted by Crippen LogP contribution is -2.30. The Bertz CT molecular complexity index is 1150. The van der Waals surface area contributed by atoms with Gasteiger partial charge in [0.25, 0.3) is 5.91 Å². The molecule has 4 rings (SSSR count). The number of aryl methyl sites for hydroxylation is 1. The molecule has 0 saturated carbocycles. The van der Waals surface area contributed by atoms with Crippen LogP contribution in [0.5, 0.6) is 5.75 Å². The van der Waals surface area contributed by atoms with Gasteiger partial charge in [0.2, 0.25) is 10.0 Å². The van der Waals surface area contributed by atoms with Crippen LogP contribution in [-0.4, -0.2) is 38.8 Å². The zero-order valence-corrected chi connectivity index (χ0v) is 19.0. The van der Waals surface area contributed by atoms with Crippen LogP contribution in [0.4, 0.5) is 5.69 Å². The molecule has 1 aliphatic rings. The Kier molecular flexibility index (Phi) is 6.17. The highest BCUT2D eigenvalue weighted by Crippen LogP contribution is 2.29. The summed E-state index contributed by atoms with van der Waals surface area (Å²) in [7, 11) is -2.10. The Hall–Kier alpha value is -2.62. The van der Waals surface area contributed by atoms with Gasteiger partial charge in [0, 0.05) is 29.7 Å². The standard InChI is InChI=1S/C22H24N2O5S2/c1-16-21(31(26,27)23-11-3-4-12-23)14-20(29-16)22(25)24(15-19-6-5-13-30-19)17-7-9-18(28-2)10-8-17/h5-10,13-14H,3-4,11-12,15H2,1-2H3. The molecule has 9 heteroatoms. The number of thiophene rings is 1. The minimum atomic E-state index is -3.68. The van der Waals surface area contributed by atoms with Crippen molar-refractivity contribution in [3.8, 4) is 5.75 Å². The number of anilines is 1. The number of rotatable bonds is 7. The Morgan fingerprint density at radius 2 is 1.90 bits per heavy atom. The molecule has 0 unspecified atom stereocenters. The van der Waals surface area contributed by atoms with Crippen molar-refractivity contribution in [1.82, 2.24) is 4.31 Å². The van der Waals surface area contributed by atoms with Gasteiger partial charge in [0.05, 0.1) is 13.7 Å². The molecule has 0 bridgehead atoms. The number of nitrogens with zero attached hydrogens (tertiary/aromatic N) is 2. The number of hydrogen-bond donors (Lipinski definition) is 0. The van der Waals surface area contributed by atoms with E-state index in [1.165, 1.54) is 10.4 Å². The summed E-state index contributed by atoms with van der Waals surface area (Å²) in [5.74, 6) is 0.508. The van der Waals surface area contributed by atoms with Gasteiger partial charge >= 0.3 is 0 Å². The minimum Gasteiger partial charge on any atom is -0.497 e. The smallest absolute Gasteiger partial charge is 0.294 e. The molecule has 0 atom stereocenters. The molecular formula is C22H24N2O5S2. The van der Waals surface area contributed by atoms with Crippen LogP contribution in [0.3, 0.4) is 0 Å². The van der Waals surface area contributed by atoms with Crippen LogP contribution in [0.1, 0.15) is 34.0 Å². The molecule has 0 N–H and O–H groups in total. The zero-order chi connectivity index (χ0) is 22.0. The van der Waals surface area contributed by atoms with E-state index in [9.17, 15) is 13.2 Å². The lowest BCUT2D eigenvalue weighted by atomic mass is 10.2. The maximum absolute atomic E-state index is 13.4. The summed E-state index contributed by atoms with van der Waals surface area (Å²) in [5.41, 5.74) is 0.664. The van der Waals surface area contributed by atoms with E-state index in [0.29, 0.717) is 31.1 Å². The van der Waals surface area contributed by atoms with Crippen molar-refractivity contribution in [3.63, 3.8) is 0 Å². The molecule has 164 valence electrons. The number of sulfonamides is 1. The molecule has 1 aromatic carbocycles. The molecular weight excluding hydrogens is 436 g/mol. The molecule has 3 aromatic rings. The molecule has 1 amide bonds. The first kappa shape index (κ1) is 21.6. The number of amides is 1. The van der Waals surface area contributed by atoms with Crippen LogP contribution < -0.4 is 9.64 Å². The van der Waals surface area contributed by atoms with Gasteiger partial charge < -0.3 is 14.1 Å². The predicted octanol–water partition coefficient (Wildman–Crippen LogP) is 4.29. The van der Waals surface area contributed by atoms with Crippen LogP contribution >= 0.6 is 11.3 Å². The van der Waals surface area contributed by atoms with Crippen LogP contribution in [-0.2, 0) is 16.6 Å². The number of carbonyl (C=O) groups excluding carboxylic acids is 1.